The molecular formula is C15H26N6O4. The second-order valence-corrected chi connectivity index (χ2v) is 6.45. The van der Waals surface area contributed by atoms with Crippen LogP contribution in [0, 0.1) is 5.92 Å². The van der Waals surface area contributed by atoms with Gasteiger partial charge in [0.2, 0.25) is 11.9 Å². The van der Waals surface area contributed by atoms with E-state index in [0.717, 1.165) is 4.90 Å². The molecule has 1 amide bonds. The minimum Gasteiger partial charge on any atom is -0.391 e. The Morgan fingerprint density at radius 3 is 2.64 bits per heavy atom. The van der Waals surface area contributed by atoms with Crippen LogP contribution in [0.25, 0.3) is 0 Å². The molecule has 8 N–H and O–H groups in total. The predicted molar refractivity (Wildman–Crippen MR) is 94.2 cm³/mol. The zero-order valence-electron chi connectivity index (χ0n) is 14.6. The van der Waals surface area contributed by atoms with Gasteiger partial charge in [0, 0.05) is 6.54 Å². The van der Waals surface area contributed by atoms with Crippen molar-refractivity contribution in [3.63, 3.8) is 0 Å². The molecule has 1 aliphatic heterocycles. The number of nitrogens with zero attached hydrogens (tertiary/aromatic N) is 2. The largest absolute Gasteiger partial charge is 0.391 e. The number of carbonyl (C=O) groups is 1. The minimum absolute atomic E-state index is 0.0612. The highest BCUT2D eigenvalue weighted by Crippen LogP contribution is 2.29. The molecule has 25 heavy (non-hydrogen) atoms. The lowest BCUT2D eigenvalue weighted by Gasteiger charge is -2.41. The van der Waals surface area contributed by atoms with Gasteiger partial charge in [-0.05, 0) is 12.8 Å². The van der Waals surface area contributed by atoms with Gasteiger partial charge >= 0.3 is 0 Å². The van der Waals surface area contributed by atoms with Gasteiger partial charge in [0.25, 0.3) is 5.56 Å². The zero-order chi connectivity index (χ0) is 18.9. The summed E-state index contributed by atoms with van der Waals surface area (Å²) >= 11 is 0. The molecule has 0 bridgehead atoms. The average molecular weight is 354 g/mol. The van der Waals surface area contributed by atoms with Crippen molar-refractivity contribution in [1.82, 2.24) is 9.97 Å². The molecule has 10 heteroatoms. The number of nitrogens with one attached hydrogen (secondary N) is 2. The smallest absolute Gasteiger partial charge is 0.278 e. The molecule has 5 atom stereocenters. The highest BCUT2D eigenvalue weighted by atomic mass is 16.3. The molecule has 10 nitrogen and oxygen atoms in total. The average Bonchev–Trinajstić information content (AvgIpc) is 2.57. The van der Waals surface area contributed by atoms with Crippen LogP contribution in [-0.4, -0.2) is 56.9 Å². The number of aliphatic hydroxyl groups excluding tert-OH is 2. The number of anilines is 3. The normalized spacial score (nSPS) is 21.7. The Kier molecular flexibility index (Phi) is 5.65. The van der Waals surface area contributed by atoms with Crippen molar-refractivity contribution in [2.75, 3.05) is 22.5 Å². The van der Waals surface area contributed by atoms with E-state index in [9.17, 15) is 19.8 Å². The quantitative estimate of drug-likeness (QED) is 0.374. The zero-order valence-corrected chi connectivity index (χ0v) is 14.6. The van der Waals surface area contributed by atoms with E-state index in [1.807, 2.05) is 13.8 Å². The summed E-state index contributed by atoms with van der Waals surface area (Å²) in [6.07, 6.45) is -1.71. The first-order valence-corrected chi connectivity index (χ1v) is 8.27. The molecule has 0 saturated carbocycles. The fraction of sp³-hybridized carbons (Fsp3) is 0.667. The van der Waals surface area contributed by atoms with Gasteiger partial charge in [0.1, 0.15) is 6.10 Å². The second kappa shape index (κ2) is 7.38. The molecule has 0 fully saturated rings. The summed E-state index contributed by atoms with van der Waals surface area (Å²) in [6.45, 7) is 5.23. The van der Waals surface area contributed by atoms with Gasteiger partial charge in [-0.1, -0.05) is 20.3 Å². The summed E-state index contributed by atoms with van der Waals surface area (Å²) in [5, 5.41) is 23.0. The van der Waals surface area contributed by atoms with Gasteiger partial charge in [0.05, 0.1) is 18.2 Å². The number of aliphatic hydroxyl groups is 2. The maximum Gasteiger partial charge on any atom is 0.278 e. The van der Waals surface area contributed by atoms with E-state index in [0.29, 0.717) is 6.42 Å². The Balaban J connectivity index is 2.55. The molecular weight excluding hydrogens is 328 g/mol. The Morgan fingerprint density at radius 2 is 2.08 bits per heavy atom. The lowest BCUT2D eigenvalue weighted by atomic mass is 9.95. The molecule has 0 spiro atoms. The van der Waals surface area contributed by atoms with Crippen molar-refractivity contribution >= 4 is 23.4 Å². The number of rotatable bonds is 5. The summed E-state index contributed by atoms with van der Waals surface area (Å²) in [6, 6.07) is -1.74. The second-order valence-electron chi connectivity index (χ2n) is 6.45. The van der Waals surface area contributed by atoms with Crippen LogP contribution in [0.2, 0.25) is 0 Å². The van der Waals surface area contributed by atoms with Crippen molar-refractivity contribution in [2.45, 2.75) is 51.5 Å². The van der Waals surface area contributed by atoms with Crippen LogP contribution < -0.4 is 27.2 Å². The Labute approximate surface area is 145 Å². The van der Waals surface area contributed by atoms with E-state index < -0.39 is 35.8 Å². The fourth-order valence-electron chi connectivity index (χ4n) is 2.82. The first kappa shape index (κ1) is 19.2. The van der Waals surface area contributed by atoms with Gasteiger partial charge in [-0.2, -0.15) is 4.98 Å². The Morgan fingerprint density at radius 1 is 1.44 bits per heavy atom. The Bertz CT molecular complexity index is 691. The van der Waals surface area contributed by atoms with Crippen molar-refractivity contribution < 1.29 is 15.0 Å². The molecule has 1 aliphatic rings. The van der Waals surface area contributed by atoms with Crippen molar-refractivity contribution in [3.05, 3.63) is 10.4 Å². The number of amides is 1. The van der Waals surface area contributed by atoms with E-state index in [2.05, 4.69) is 15.3 Å². The van der Waals surface area contributed by atoms with Crippen molar-refractivity contribution in [3.8, 4) is 0 Å². The van der Waals surface area contributed by atoms with Gasteiger partial charge in [-0.15, -0.1) is 0 Å². The van der Waals surface area contributed by atoms with E-state index in [1.54, 1.807) is 0 Å². The predicted octanol–water partition coefficient (Wildman–Crippen LogP) is -1.41. The lowest BCUT2D eigenvalue weighted by molar-refractivity contribution is -0.122. The van der Waals surface area contributed by atoms with Gasteiger partial charge in [0.15, 0.2) is 11.5 Å². The number of H-pyrrole nitrogens is 1. The number of fused-ring (bicyclic) bond motifs is 1. The summed E-state index contributed by atoms with van der Waals surface area (Å²) in [4.78, 5) is 32.9. The third-order valence-corrected chi connectivity index (χ3v) is 4.63. The van der Waals surface area contributed by atoms with Crippen LogP contribution in [0.15, 0.2) is 4.79 Å². The number of carbonyl (C=O) groups excluding carboxylic acids is 1. The number of nitrogen functional groups attached to an aromatic ring is 1. The first-order valence-electron chi connectivity index (χ1n) is 8.27. The van der Waals surface area contributed by atoms with Crippen LogP contribution in [-0.2, 0) is 4.79 Å². The highest BCUT2D eigenvalue weighted by Gasteiger charge is 2.41. The van der Waals surface area contributed by atoms with Gasteiger partial charge in [-0.3, -0.25) is 19.5 Å². The third kappa shape index (κ3) is 3.60. The summed E-state index contributed by atoms with van der Waals surface area (Å²) in [5.41, 5.74) is 10.9. The van der Waals surface area contributed by atoms with Crippen LogP contribution in [0.3, 0.4) is 0 Å². The fourth-order valence-corrected chi connectivity index (χ4v) is 2.82. The molecule has 1 aromatic heterocycles. The van der Waals surface area contributed by atoms with E-state index in [-0.39, 0.29) is 29.9 Å². The number of aromatic nitrogens is 2. The van der Waals surface area contributed by atoms with Crippen molar-refractivity contribution in [1.29, 1.82) is 0 Å². The summed E-state index contributed by atoms with van der Waals surface area (Å²) in [5.74, 6) is -0.598. The molecule has 2 heterocycles. The maximum absolute atomic E-state index is 13.0. The maximum atomic E-state index is 13.0. The molecule has 0 radical (unpaired) electrons. The molecule has 140 valence electrons. The molecule has 0 aromatic carbocycles. The topological polar surface area (TPSA) is 171 Å². The molecule has 0 saturated heterocycles. The van der Waals surface area contributed by atoms with Crippen LogP contribution in [0.4, 0.5) is 17.5 Å². The molecule has 2 rings (SSSR count). The van der Waals surface area contributed by atoms with Gasteiger partial charge < -0.3 is 27.0 Å². The number of hydrogen-bond donors (Lipinski definition) is 6. The number of hydrogen-bond acceptors (Lipinski definition) is 8. The van der Waals surface area contributed by atoms with Crippen LogP contribution in [0.1, 0.15) is 27.2 Å². The summed E-state index contributed by atoms with van der Waals surface area (Å²) in [7, 11) is 0. The number of nitrogens with two attached hydrogens (primary N) is 2. The number of aromatic amines is 1. The van der Waals surface area contributed by atoms with E-state index in [1.165, 1.54) is 6.92 Å². The summed E-state index contributed by atoms with van der Waals surface area (Å²) < 4.78 is 0. The van der Waals surface area contributed by atoms with E-state index >= 15 is 0 Å². The molecule has 1 aromatic rings. The van der Waals surface area contributed by atoms with Crippen LogP contribution in [0.5, 0.6) is 0 Å². The standard InChI is InChI=1S/C15H26N6O4/c1-4-6(2)9(16)14(25)21-8(11(23)7(3)22)5-18-12-10(21)13(24)20-15(17)19-12/h6-9,11,22-23H,4-5,16H2,1-3H3,(H4,17,18,19,20,24). The lowest BCUT2D eigenvalue weighted by Crippen LogP contribution is -2.61. The first-order chi connectivity index (χ1) is 11.7. The van der Waals surface area contributed by atoms with Crippen LogP contribution >= 0.6 is 0 Å². The third-order valence-electron chi connectivity index (χ3n) is 4.63. The monoisotopic (exact) mass is 354 g/mol. The van der Waals surface area contributed by atoms with Crippen molar-refractivity contribution in [2.24, 2.45) is 11.7 Å². The molecule has 5 unspecified atom stereocenters. The molecule has 0 aliphatic carbocycles. The van der Waals surface area contributed by atoms with E-state index in [4.69, 9.17) is 11.5 Å². The van der Waals surface area contributed by atoms with Gasteiger partial charge in [-0.25, -0.2) is 0 Å². The highest BCUT2D eigenvalue weighted by molar-refractivity contribution is 6.00. The minimum atomic E-state index is -1.27. The SMILES string of the molecule is CCC(C)C(N)C(=O)N1c2c(nc(N)[nH]c2=O)NCC1C(O)C(C)O. The Hall–Kier alpha value is -2.17.